The molecule has 0 atom stereocenters. The lowest BCUT2D eigenvalue weighted by molar-refractivity contribution is 0.00578. The molecule has 0 N–H and O–H groups in total. The molecule has 0 saturated carbocycles. The van der Waals surface area contributed by atoms with Crippen LogP contribution in [0, 0.1) is 11.3 Å². The van der Waals surface area contributed by atoms with Crippen molar-refractivity contribution in [2.45, 2.75) is 38.9 Å². The van der Waals surface area contributed by atoms with E-state index in [9.17, 15) is 5.26 Å². The highest BCUT2D eigenvalue weighted by Gasteiger charge is 2.52. The number of nitrogens with zero attached hydrogens (tertiary/aromatic N) is 1. The van der Waals surface area contributed by atoms with Gasteiger partial charge in [-0.2, -0.15) is 5.26 Å². The molecule has 2 rings (SSSR count). The van der Waals surface area contributed by atoms with E-state index in [1.807, 2.05) is 27.7 Å². The average Bonchev–Trinajstić information content (AvgIpc) is 2.65. The van der Waals surface area contributed by atoms with Gasteiger partial charge in [-0.3, -0.25) is 0 Å². The Morgan fingerprint density at radius 1 is 1.19 bits per heavy atom. The smallest absolute Gasteiger partial charge is 0.468 e. The van der Waals surface area contributed by atoms with Crippen LogP contribution in [-0.4, -0.2) is 32.2 Å². The summed E-state index contributed by atoms with van der Waals surface area (Å²) in [7, 11) is 0.967. The molecule has 1 aromatic rings. The largest absolute Gasteiger partial charge is 0.496 e. The van der Waals surface area contributed by atoms with Crippen LogP contribution in [0.5, 0.6) is 5.75 Å². The number of hydrogen-bond donors (Lipinski definition) is 0. The number of rotatable bonds is 4. The SMILES string of the molecule is COCOc1ccc(C#N)c(B2OC(C)(C)C(C)(C)O2)c1. The highest BCUT2D eigenvalue weighted by atomic mass is 16.7. The van der Waals surface area contributed by atoms with Crippen LogP contribution in [0.1, 0.15) is 33.3 Å². The number of benzene rings is 1. The van der Waals surface area contributed by atoms with Crippen molar-refractivity contribution in [3.05, 3.63) is 23.8 Å². The van der Waals surface area contributed by atoms with Gasteiger partial charge in [0, 0.05) is 12.6 Å². The third kappa shape index (κ3) is 3.05. The van der Waals surface area contributed by atoms with Gasteiger partial charge in [0.05, 0.1) is 22.8 Å². The van der Waals surface area contributed by atoms with Crippen molar-refractivity contribution in [2.75, 3.05) is 13.9 Å². The van der Waals surface area contributed by atoms with Crippen molar-refractivity contribution in [2.24, 2.45) is 0 Å². The van der Waals surface area contributed by atoms with E-state index in [0.29, 0.717) is 16.8 Å². The van der Waals surface area contributed by atoms with Crippen molar-refractivity contribution in [3.8, 4) is 11.8 Å². The topological polar surface area (TPSA) is 60.7 Å². The van der Waals surface area contributed by atoms with Gasteiger partial charge >= 0.3 is 7.12 Å². The van der Waals surface area contributed by atoms with Gasteiger partial charge in [-0.05, 0) is 45.9 Å². The third-order valence-corrected chi connectivity index (χ3v) is 3.99. The Labute approximate surface area is 125 Å². The molecule has 1 aliphatic rings. The van der Waals surface area contributed by atoms with Crippen molar-refractivity contribution >= 4 is 12.6 Å². The fourth-order valence-electron chi connectivity index (χ4n) is 2.02. The van der Waals surface area contributed by atoms with Crippen molar-refractivity contribution in [1.82, 2.24) is 0 Å². The molecule has 21 heavy (non-hydrogen) atoms. The first kappa shape index (κ1) is 15.8. The van der Waals surface area contributed by atoms with E-state index in [-0.39, 0.29) is 6.79 Å². The van der Waals surface area contributed by atoms with Crippen LogP contribution >= 0.6 is 0 Å². The van der Waals surface area contributed by atoms with Crippen LogP contribution in [0.15, 0.2) is 18.2 Å². The summed E-state index contributed by atoms with van der Waals surface area (Å²) in [6.45, 7) is 8.05. The van der Waals surface area contributed by atoms with Crippen LogP contribution in [0.2, 0.25) is 0 Å². The van der Waals surface area contributed by atoms with Gasteiger partial charge in [-0.15, -0.1) is 0 Å². The third-order valence-electron chi connectivity index (χ3n) is 3.99. The van der Waals surface area contributed by atoms with Crippen molar-refractivity contribution in [1.29, 1.82) is 5.26 Å². The van der Waals surface area contributed by atoms with Crippen LogP contribution in [-0.2, 0) is 14.0 Å². The molecule has 0 bridgehead atoms. The van der Waals surface area contributed by atoms with Gasteiger partial charge in [0.25, 0.3) is 0 Å². The summed E-state index contributed by atoms with van der Waals surface area (Å²) in [5.74, 6) is 0.612. The molecular weight excluding hydrogens is 269 g/mol. The zero-order valence-corrected chi connectivity index (χ0v) is 13.1. The number of methoxy groups -OCH3 is 1. The van der Waals surface area contributed by atoms with Gasteiger partial charge in [-0.1, -0.05) is 0 Å². The van der Waals surface area contributed by atoms with Crippen LogP contribution in [0.25, 0.3) is 0 Å². The van der Waals surface area contributed by atoms with Gasteiger partial charge in [-0.25, -0.2) is 0 Å². The van der Waals surface area contributed by atoms with Gasteiger partial charge in [0.1, 0.15) is 5.75 Å². The molecule has 0 aliphatic carbocycles. The molecule has 1 fully saturated rings. The van der Waals surface area contributed by atoms with Crippen LogP contribution < -0.4 is 10.2 Å². The maximum atomic E-state index is 9.28. The molecule has 0 spiro atoms. The highest BCUT2D eigenvalue weighted by Crippen LogP contribution is 2.36. The summed E-state index contributed by atoms with van der Waals surface area (Å²) in [4.78, 5) is 0. The summed E-state index contributed by atoms with van der Waals surface area (Å²) in [6, 6.07) is 7.36. The molecule has 1 aliphatic heterocycles. The second-order valence-electron chi connectivity index (χ2n) is 6.00. The summed E-state index contributed by atoms with van der Waals surface area (Å²) >= 11 is 0. The monoisotopic (exact) mass is 289 g/mol. The van der Waals surface area contributed by atoms with Gasteiger partial charge in [0.15, 0.2) is 6.79 Å². The lowest BCUT2D eigenvalue weighted by atomic mass is 9.76. The van der Waals surface area contributed by atoms with Crippen molar-refractivity contribution < 1.29 is 18.8 Å². The fraction of sp³-hybridized carbons (Fsp3) is 0.533. The van der Waals surface area contributed by atoms with Crippen LogP contribution in [0.4, 0.5) is 0 Å². The van der Waals surface area contributed by atoms with E-state index in [2.05, 4.69) is 6.07 Å². The lowest BCUT2D eigenvalue weighted by Crippen LogP contribution is -2.41. The second kappa shape index (κ2) is 5.68. The Hall–Kier alpha value is -1.55. The Morgan fingerprint density at radius 3 is 2.33 bits per heavy atom. The first-order valence-corrected chi connectivity index (χ1v) is 6.82. The molecule has 6 heteroatoms. The maximum absolute atomic E-state index is 9.28. The Balaban J connectivity index is 2.33. The summed E-state index contributed by atoms with van der Waals surface area (Å²) in [5.41, 5.74) is 0.282. The first-order chi connectivity index (χ1) is 9.80. The summed E-state index contributed by atoms with van der Waals surface area (Å²) < 4.78 is 22.3. The normalized spacial score (nSPS) is 19.3. The Morgan fingerprint density at radius 2 is 1.81 bits per heavy atom. The number of hydrogen-bond acceptors (Lipinski definition) is 5. The van der Waals surface area contributed by atoms with Gasteiger partial charge < -0.3 is 18.8 Å². The predicted molar refractivity (Wildman–Crippen MR) is 79.4 cm³/mol. The molecule has 1 heterocycles. The second-order valence-corrected chi connectivity index (χ2v) is 6.00. The zero-order valence-electron chi connectivity index (χ0n) is 13.1. The minimum Gasteiger partial charge on any atom is -0.468 e. The van der Waals surface area contributed by atoms with Crippen molar-refractivity contribution in [3.63, 3.8) is 0 Å². The van der Waals surface area contributed by atoms with E-state index in [1.54, 1.807) is 25.3 Å². The Bertz CT molecular complexity index is 549. The number of ether oxygens (including phenoxy) is 2. The highest BCUT2D eigenvalue weighted by molar-refractivity contribution is 6.63. The summed E-state index contributed by atoms with van der Waals surface area (Å²) in [5, 5.41) is 9.28. The van der Waals surface area contributed by atoms with E-state index in [1.165, 1.54) is 0 Å². The van der Waals surface area contributed by atoms with E-state index < -0.39 is 18.3 Å². The van der Waals surface area contributed by atoms with Gasteiger partial charge in [0.2, 0.25) is 0 Å². The molecule has 112 valence electrons. The zero-order chi connectivity index (χ0) is 15.7. The number of nitriles is 1. The molecule has 0 amide bonds. The first-order valence-electron chi connectivity index (χ1n) is 6.82. The minimum absolute atomic E-state index is 0.148. The maximum Gasteiger partial charge on any atom is 0.496 e. The minimum atomic E-state index is -0.587. The predicted octanol–water partition coefficient (Wildman–Crippen LogP) is 1.84. The van der Waals surface area contributed by atoms with E-state index in [4.69, 9.17) is 18.8 Å². The standard InChI is InChI=1S/C15H20BNO4/c1-14(2)15(3,4)21-16(20-14)13-8-12(19-10-18-5)7-6-11(13)9-17/h6-8H,10H2,1-5H3. The Kier molecular flexibility index (Phi) is 4.29. The fourth-order valence-corrected chi connectivity index (χ4v) is 2.02. The molecule has 0 unspecified atom stereocenters. The molecule has 1 aromatic carbocycles. The molecule has 0 radical (unpaired) electrons. The molecular formula is C15H20BNO4. The molecule has 1 saturated heterocycles. The molecule has 5 nitrogen and oxygen atoms in total. The summed E-state index contributed by atoms with van der Waals surface area (Å²) in [6.07, 6.45) is 0. The van der Waals surface area contributed by atoms with E-state index >= 15 is 0 Å². The van der Waals surface area contributed by atoms with E-state index in [0.717, 1.165) is 0 Å². The quantitative estimate of drug-likeness (QED) is 0.625. The van der Waals surface area contributed by atoms with Crippen LogP contribution in [0.3, 0.4) is 0 Å². The lowest BCUT2D eigenvalue weighted by Gasteiger charge is -2.32. The average molecular weight is 289 g/mol. The molecule has 0 aromatic heterocycles.